The highest BCUT2D eigenvalue weighted by atomic mass is 16.2. The van der Waals surface area contributed by atoms with Crippen LogP contribution in [0.2, 0.25) is 0 Å². The standard InChI is InChI=1S/C16H20N2O2/c1-12-4-2-3-5-13(12)15(20)18-8-6-16(7-9-18)10-14(19)17-11-16/h2-5H,6-11H2,1H3,(H,17,19). The predicted octanol–water partition coefficient (Wildman–Crippen LogP) is 1.74. The van der Waals surface area contributed by atoms with Gasteiger partial charge in [-0.1, -0.05) is 18.2 Å². The number of hydrogen-bond donors (Lipinski definition) is 1. The molecule has 3 rings (SSSR count). The fourth-order valence-electron chi connectivity index (χ4n) is 3.27. The minimum absolute atomic E-state index is 0.0968. The molecule has 0 unspecified atom stereocenters. The van der Waals surface area contributed by atoms with Gasteiger partial charge in [-0.2, -0.15) is 0 Å². The molecule has 2 aliphatic heterocycles. The Morgan fingerprint density at radius 2 is 1.95 bits per heavy atom. The molecule has 0 bridgehead atoms. The van der Waals surface area contributed by atoms with Gasteiger partial charge in [0.15, 0.2) is 0 Å². The number of carbonyl (C=O) groups excluding carboxylic acids is 2. The summed E-state index contributed by atoms with van der Waals surface area (Å²) in [5.74, 6) is 0.277. The Balaban J connectivity index is 1.68. The molecule has 2 fully saturated rings. The van der Waals surface area contributed by atoms with Crippen molar-refractivity contribution in [1.82, 2.24) is 10.2 Å². The minimum Gasteiger partial charge on any atom is -0.356 e. The van der Waals surface area contributed by atoms with Crippen LogP contribution in [0.3, 0.4) is 0 Å². The zero-order valence-electron chi connectivity index (χ0n) is 11.8. The first-order valence-electron chi connectivity index (χ1n) is 7.21. The molecular weight excluding hydrogens is 252 g/mol. The van der Waals surface area contributed by atoms with Gasteiger partial charge in [-0.25, -0.2) is 0 Å². The quantitative estimate of drug-likeness (QED) is 0.846. The summed E-state index contributed by atoms with van der Waals surface area (Å²) in [5, 5.41) is 2.92. The maximum atomic E-state index is 12.5. The Morgan fingerprint density at radius 3 is 2.55 bits per heavy atom. The number of rotatable bonds is 1. The summed E-state index contributed by atoms with van der Waals surface area (Å²) in [6.45, 7) is 4.25. The molecule has 20 heavy (non-hydrogen) atoms. The van der Waals surface area contributed by atoms with E-state index in [9.17, 15) is 9.59 Å². The summed E-state index contributed by atoms with van der Waals surface area (Å²) >= 11 is 0. The van der Waals surface area contributed by atoms with Gasteiger partial charge in [0.2, 0.25) is 5.91 Å². The maximum Gasteiger partial charge on any atom is 0.254 e. The van der Waals surface area contributed by atoms with Gasteiger partial charge in [0.25, 0.3) is 5.91 Å². The van der Waals surface area contributed by atoms with Crippen molar-refractivity contribution in [2.45, 2.75) is 26.2 Å². The summed E-state index contributed by atoms with van der Waals surface area (Å²) in [5.41, 5.74) is 1.92. The molecule has 1 aromatic carbocycles. The van der Waals surface area contributed by atoms with E-state index in [0.29, 0.717) is 6.42 Å². The number of carbonyl (C=O) groups is 2. The van der Waals surface area contributed by atoms with Gasteiger partial charge in [0.05, 0.1) is 0 Å². The smallest absolute Gasteiger partial charge is 0.254 e. The van der Waals surface area contributed by atoms with E-state index in [-0.39, 0.29) is 17.2 Å². The van der Waals surface area contributed by atoms with E-state index in [4.69, 9.17) is 0 Å². The van der Waals surface area contributed by atoms with Crippen molar-refractivity contribution in [2.24, 2.45) is 5.41 Å². The second-order valence-corrected chi connectivity index (χ2v) is 6.06. The van der Waals surface area contributed by atoms with Crippen molar-refractivity contribution in [1.29, 1.82) is 0 Å². The summed E-state index contributed by atoms with van der Waals surface area (Å²) in [4.78, 5) is 25.9. The molecule has 4 heteroatoms. The third kappa shape index (κ3) is 2.30. The molecule has 106 valence electrons. The van der Waals surface area contributed by atoms with E-state index >= 15 is 0 Å². The van der Waals surface area contributed by atoms with Gasteiger partial charge in [-0.3, -0.25) is 9.59 Å². The highest BCUT2D eigenvalue weighted by Gasteiger charge is 2.41. The molecule has 2 aliphatic rings. The van der Waals surface area contributed by atoms with Crippen LogP contribution in [0.15, 0.2) is 24.3 Å². The molecule has 4 nitrogen and oxygen atoms in total. The van der Waals surface area contributed by atoms with Crippen molar-refractivity contribution < 1.29 is 9.59 Å². The molecule has 1 aromatic rings. The van der Waals surface area contributed by atoms with Crippen molar-refractivity contribution in [3.05, 3.63) is 35.4 Å². The van der Waals surface area contributed by atoms with Crippen LogP contribution in [-0.2, 0) is 4.79 Å². The third-order valence-corrected chi connectivity index (χ3v) is 4.68. The molecule has 2 amide bonds. The van der Waals surface area contributed by atoms with E-state index in [1.54, 1.807) is 0 Å². The van der Waals surface area contributed by atoms with Crippen LogP contribution in [0, 0.1) is 12.3 Å². The van der Waals surface area contributed by atoms with E-state index in [1.165, 1.54) is 0 Å². The second kappa shape index (κ2) is 4.93. The number of aryl methyl sites for hydroxylation is 1. The lowest BCUT2D eigenvalue weighted by molar-refractivity contribution is -0.119. The molecule has 1 spiro atoms. The average molecular weight is 272 g/mol. The van der Waals surface area contributed by atoms with Crippen LogP contribution < -0.4 is 5.32 Å². The number of hydrogen-bond acceptors (Lipinski definition) is 2. The van der Waals surface area contributed by atoms with Crippen LogP contribution in [0.4, 0.5) is 0 Å². The molecule has 0 aliphatic carbocycles. The normalized spacial score (nSPS) is 21.1. The third-order valence-electron chi connectivity index (χ3n) is 4.68. The first kappa shape index (κ1) is 13.2. The lowest BCUT2D eigenvalue weighted by Gasteiger charge is -2.38. The van der Waals surface area contributed by atoms with Crippen molar-refractivity contribution in [3.63, 3.8) is 0 Å². The van der Waals surface area contributed by atoms with Gasteiger partial charge < -0.3 is 10.2 Å². The zero-order valence-corrected chi connectivity index (χ0v) is 11.8. The molecule has 0 saturated carbocycles. The van der Waals surface area contributed by atoms with Crippen molar-refractivity contribution in [2.75, 3.05) is 19.6 Å². The van der Waals surface area contributed by atoms with Crippen LogP contribution in [0.5, 0.6) is 0 Å². The van der Waals surface area contributed by atoms with Gasteiger partial charge >= 0.3 is 0 Å². The Morgan fingerprint density at radius 1 is 1.25 bits per heavy atom. The second-order valence-electron chi connectivity index (χ2n) is 6.06. The summed E-state index contributed by atoms with van der Waals surface area (Å²) < 4.78 is 0. The fourth-order valence-corrected chi connectivity index (χ4v) is 3.27. The number of amides is 2. The lowest BCUT2D eigenvalue weighted by atomic mass is 9.77. The Kier molecular flexibility index (Phi) is 3.24. The van der Waals surface area contributed by atoms with Gasteiger partial charge in [-0.05, 0) is 36.8 Å². The summed E-state index contributed by atoms with van der Waals surface area (Å²) in [6, 6.07) is 7.72. The molecule has 0 aromatic heterocycles. The first-order chi connectivity index (χ1) is 9.60. The summed E-state index contributed by atoms with van der Waals surface area (Å²) in [7, 11) is 0. The molecule has 0 radical (unpaired) electrons. The molecule has 2 heterocycles. The van der Waals surface area contributed by atoms with E-state index in [1.807, 2.05) is 36.1 Å². The number of benzene rings is 1. The Hall–Kier alpha value is -1.84. The fraction of sp³-hybridized carbons (Fsp3) is 0.500. The molecular formula is C16H20N2O2. The molecule has 0 atom stereocenters. The van der Waals surface area contributed by atoms with Gasteiger partial charge in [-0.15, -0.1) is 0 Å². The Labute approximate surface area is 119 Å². The minimum atomic E-state index is 0.0968. The number of nitrogens with zero attached hydrogens (tertiary/aromatic N) is 1. The zero-order chi connectivity index (χ0) is 14.2. The van der Waals surface area contributed by atoms with Crippen LogP contribution in [0.25, 0.3) is 0 Å². The number of nitrogens with one attached hydrogen (secondary N) is 1. The summed E-state index contributed by atoms with van der Waals surface area (Å²) in [6.07, 6.45) is 2.46. The van der Waals surface area contributed by atoms with Gasteiger partial charge in [0.1, 0.15) is 0 Å². The highest BCUT2D eigenvalue weighted by molar-refractivity contribution is 5.95. The van der Waals surface area contributed by atoms with Crippen LogP contribution in [-0.4, -0.2) is 36.3 Å². The van der Waals surface area contributed by atoms with E-state index in [0.717, 1.165) is 43.6 Å². The van der Waals surface area contributed by atoms with Crippen LogP contribution in [0.1, 0.15) is 35.2 Å². The topological polar surface area (TPSA) is 49.4 Å². The Bertz CT molecular complexity index is 545. The van der Waals surface area contributed by atoms with Gasteiger partial charge in [0, 0.05) is 31.6 Å². The lowest BCUT2D eigenvalue weighted by Crippen LogP contribution is -2.44. The first-order valence-corrected chi connectivity index (χ1v) is 7.21. The maximum absolute atomic E-state index is 12.5. The van der Waals surface area contributed by atoms with E-state index in [2.05, 4.69) is 5.32 Å². The SMILES string of the molecule is Cc1ccccc1C(=O)N1CCC2(CC1)CNC(=O)C2. The average Bonchev–Trinajstić information content (AvgIpc) is 2.81. The monoisotopic (exact) mass is 272 g/mol. The number of likely N-dealkylation sites (tertiary alicyclic amines) is 1. The molecule has 2 saturated heterocycles. The van der Waals surface area contributed by atoms with E-state index < -0.39 is 0 Å². The van der Waals surface area contributed by atoms with Crippen molar-refractivity contribution >= 4 is 11.8 Å². The van der Waals surface area contributed by atoms with Crippen LogP contribution >= 0.6 is 0 Å². The number of piperidine rings is 1. The van der Waals surface area contributed by atoms with Crippen molar-refractivity contribution in [3.8, 4) is 0 Å². The highest BCUT2D eigenvalue weighted by Crippen LogP contribution is 2.37. The predicted molar refractivity (Wildman–Crippen MR) is 76.4 cm³/mol. The largest absolute Gasteiger partial charge is 0.356 e. The molecule has 1 N–H and O–H groups in total.